The molecule has 0 saturated carbocycles. The topological polar surface area (TPSA) is 79.5 Å². The third-order valence-corrected chi connectivity index (χ3v) is 3.95. The molecule has 3 rings (SSSR count). The van der Waals surface area contributed by atoms with E-state index in [1.807, 2.05) is 0 Å². The minimum Gasteiger partial charge on any atom is -0.465 e. The summed E-state index contributed by atoms with van der Waals surface area (Å²) < 4.78 is 5.81. The zero-order chi connectivity index (χ0) is 15.7. The molecule has 0 radical (unpaired) electrons. The molecule has 112 valence electrons. The minimum absolute atomic E-state index is 0.334. The van der Waals surface area contributed by atoms with Crippen LogP contribution in [-0.4, -0.2) is 16.8 Å². The lowest BCUT2D eigenvalue weighted by molar-refractivity contribution is -0.138. The molecule has 0 aliphatic carbocycles. The first-order valence-corrected chi connectivity index (χ1v) is 7.36. The number of benzene rings is 1. The molecule has 0 bridgehead atoms. The minimum atomic E-state index is -1.86. The van der Waals surface area contributed by atoms with Crippen LogP contribution in [0.5, 0.6) is 0 Å². The number of nitrogens with one attached hydrogen (secondary N) is 1. The summed E-state index contributed by atoms with van der Waals surface area (Å²) in [5.41, 5.74) is -0.950. The third-order valence-electron chi connectivity index (χ3n) is 3.46. The number of allylic oxidation sites excluding steroid dienone is 1. The van der Waals surface area contributed by atoms with Gasteiger partial charge in [-0.25, -0.2) is 0 Å². The summed E-state index contributed by atoms with van der Waals surface area (Å²) in [5, 5.41) is 13.2. The quantitative estimate of drug-likeness (QED) is 0.820. The standard InChI is InChI=1S/C16H12BrNO4/c17-10-3-6-14-13(8-10)16(21,15(20)18-14)9-11(19)4-5-12-2-1-7-22-12/h1-8,21H,9H2,(H,18,20)/b5-4+/t16-/m1/s1. The van der Waals surface area contributed by atoms with E-state index in [9.17, 15) is 14.7 Å². The lowest BCUT2D eigenvalue weighted by Crippen LogP contribution is -2.36. The fraction of sp³-hybridized carbons (Fsp3) is 0.125. The Hall–Kier alpha value is -2.18. The van der Waals surface area contributed by atoms with Crippen molar-refractivity contribution in [2.45, 2.75) is 12.0 Å². The van der Waals surface area contributed by atoms with Crippen molar-refractivity contribution in [2.75, 3.05) is 5.32 Å². The van der Waals surface area contributed by atoms with E-state index in [1.54, 1.807) is 30.3 Å². The van der Waals surface area contributed by atoms with Crippen LogP contribution < -0.4 is 5.32 Å². The van der Waals surface area contributed by atoms with Gasteiger partial charge >= 0.3 is 0 Å². The van der Waals surface area contributed by atoms with Crippen LogP contribution in [-0.2, 0) is 15.2 Å². The number of amides is 1. The molecule has 1 aliphatic rings. The Bertz CT molecular complexity index is 766. The van der Waals surface area contributed by atoms with Crippen LogP contribution in [0.3, 0.4) is 0 Å². The molecule has 2 N–H and O–H groups in total. The van der Waals surface area contributed by atoms with Crippen molar-refractivity contribution in [3.63, 3.8) is 0 Å². The van der Waals surface area contributed by atoms with Crippen LogP contribution in [0, 0.1) is 0 Å². The Labute approximate surface area is 134 Å². The molecular formula is C16H12BrNO4. The molecule has 1 aromatic heterocycles. The smallest absolute Gasteiger partial charge is 0.261 e. The fourth-order valence-electron chi connectivity index (χ4n) is 2.36. The van der Waals surface area contributed by atoms with Gasteiger partial charge in [-0.2, -0.15) is 0 Å². The second kappa shape index (κ2) is 5.55. The van der Waals surface area contributed by atoms with Crippen LogP contribution >= 0.6 is 15.9 Å². The van der Waals surface area contributed by atoms with E-state index in [0.29, 0.717) is 17.0 Å². The van der Waals surface area contributed by atoms with Gasteiger partial charge < -0.3 is 14.8 Å². The maximum Gasteiger partial charge on any atom is 0.261 e. The van der Waals surface area contributed by atoms with E-state index in [-0.39, 0.29) is 12.2 Å². The van der Waals surface area contributed by atoms with Gasteiger partial charge in [0.2, 0.25) is 0 Å². The number of hydrogen-bond donors (Lipinski definition) is 2. The average molecular weight is 362 g/mol. The van der Waals surface area contributed by atoms with Gasteiger partial charge in [0, 0.05) is 15.7 Å². The van der Waals surface area contributed by atoms with Gasteiger partial charge in [-0.3, -0.25) is 9.59 Å². The van der Waals surface area contributed by atoms with Crippen molar-refractivity contribution in [2.24, 2.45) is 0 Å². The highest BCUT2D eigenvalue weighted by molar-refractivity contribution is 9.10. The van der Waals surface area contributed by atoms with Crippen molar-refractivity contribution < 1.29 is 19.1 Å². The van der Waals surface area contributed by atoms with E-state index >= 15 is 0 Å². The Kier molecular flexibility index (Phi) is 3.72. The summed E-state index contributed by atoms with van der Waals surface area (Å²) in [4.78, 5) is 24.1. The molecule has 0 spiro atoms. The summed E-state index contributed by atoms with van der Waals surface area (Å²) in [7, 11) is 0. The van der Waals surface area contributed by atoms with E-state index in [1.165, 1.54) is 18.4 Å². The highest BCUT2D eigenvalue weighted by Crippen LogP contribution is 2.39. The fourth-order valence-corrected chi connectivity index (χ4v) is 2.72. The summed E-state index contributed by atoms with van der Waals surface area (Å²) in [6, 6.07) is 8.47. The van der Waals surface area contributed by atoms with Crippen molar-refractivity contribution in [1.29, 1.82) is 0 Å². The van der Waals surface area contributed by atoms with E-state index in [2.05, 4.69) is 21.2 Å². The predicted octanol–water partition coefficient (Wildman–Crippen LogP) is 2.85. The second-order valence-corrected chi connectivity index (χ2v) is 5.91. The molecule has 2 aromatic rings. The second-order valence-electron chi connectivity index (χ2n) is 5.00. The Morgan fingerprint density at radius 1 is 1.41 bits per heavy atom. The first kappa shape index (κ1) is 14.7. The third kappa shape index (κ3) is 2.63. The SMILES string of the molecule is O=C(/C=C/c1ccco1)C[C@]1(O)C(=O)Nc2ccc(Br)cc21. The molecular weight excluding hydrogens is 350 g/mol. The summed E-state index contributed by atoms with van der Waals surface area (Å²) in [5.74, 6) is -0.443. The highest BCUT2D eigenvalue weighted by Gasteiger charge is 2.46. The van der Waals surface area contributed by atoms with Crippen LogP contribution in [0.25, 0.3) is 6.08 Å². The van der Waals surface area contributed by atoms with Gasteiger partial charge in [0.15, 0.2) is 11.4 Å². The molecule has 2 heterocycles. The molecule has 0 saturated heterocycles. The van der Waals surface area contributed by atoms with E-state index < -0.39 is 11.5 Å². The zero-order valence-corrected chi connectivity index (χ0v) is 13.0. The van der Waals surface area contributed by atoms with Crippen LogP contribution in [0.2, 0.25) is 0 Å². The lowest BCUT2D eigenvalue weighted by atomic mass is 9.90. The molecule has 1 aromatic carbocycles. The molecule has 0 unspecified atom stereocenters. The van der Waals surface area contributed by atoms with Crippen molar-refractivity contribution in [3.05, 3.63) is 58.5 Å². The van der Waals surface area contributed by atoms with Crippen LogP contribution in [0.1, 0.15) is 17.7 Å². The van der Waals surface area contributed by atoms with E-state index in [0.717, 1.165) is 4.47 Å². The monoisotopic (exact) mass is 361 g/mol. The summed E-state index contributed by atoms with van der Waals surface area (Å²) >= 11 is 3.30. The largest absolute Gasteiger partial charge is 0.465 e. The number of carbonyl (C=O) groups is 2. The summed E-state index contributed by atoms with van der Waals surface area (Å²) in [6.45, 7) is 0. The maximum absolute atomic E-state index is 12.1. The Morgan fingerprint density at radius 2 is 2.23 bits per heavy atom. The predicted molar refractivity (Wildman–Crippen MR) is 84.0 cm³/mol. The molecule has 1 atom stereocenters. The average Bonchev–Trinajstić information content (AvgIpc) is 3.06. The lowest BCUT2D eigenvalue weighted by Gasteiger charge is -2.19. The molecule has 6 heteroatoms. The van der Waals surface area contributed by atoms with Gasteiger partial charge in [-0.1, -0.05) is 15.9 Å². The van der Waals surface area contributed by atoms with Crippen LogP contribution in [0.4, 0.5) is 5.69 Å². The molecule has 1 aliphatic heterocycles. The number of anilines is 1. The number of carbonyl (C=O) groups excluding carboxylic acids is 2. The number of aliphatic hydroxyl groups is 1. The van der Waals surface area contributed by atoms with Crippen molar-refractivity contribution in [3.8, 4) is 0 Å². The molecule has 0 fully saturated rings. The number of rotatable bonds is 4. The number of furan rings is 1. The zero-order valence-electron chi connectivity index (χ0n) is 11.4. The van der Waals surface area contributed by atoms with Gasteiger partial charge in [0.05, 0.1) is 12.7 Å². The number of hydrogen-bond acceptors (Lipinski definition) is 4. The number of fused-ring (bicyclic) bond motifs is 1. The molecule has 22 heavy (non-hydrogen) atoms. The van der Waals surface area contributed by atoms with Gasteiger partial charge in [-0.05, 0) is 42.5 Å². The van der Waals surface area contributed by atoms with E-state index in [4.69, 9.17) is 4.42 Å². The van der Waals surface area contributed by atoms with Crippen molar-refractivity contribution in [1.82, 2.24) is 0 Å². The Morgan fingerprint density at radius 3 is 2.95 bits per heavy atom. The summed E-state index contributed by atoms with van der Waals surface area (Å²) in [6.07, 6.45) is 3.95. The highest BCUT2D eigenvalue weighted by atomic mass is 79.9. The number of halogens is 1. The molecule has 5 nitrogen and oxygen atoms in total. The van der Waals surface area contributed by atoms with Crippen molar-refractivity contribution >= 4 is 39.4 Å². The maximum atomic E-state index is 12.1. The molecule has 1 amide bonds. The van der Waals surface area contributed by atoms with Gasteiger partial charge in [0.1, 0.15) is 5.76 Å². The Balaban J connectivity index is 1.83. The first-order chi connectivity index (χ1) is 10.5. The normalized spacial score (nSPS) is 20.2. The van der Waals surface area contributed by atoms with Crippen LogP contribution in [0.15, 0.2) is 51.6 Å². The van der Waals surface area contributed by atoms with Gasteiger partial charge in [0.25, 0.3) is 5.91 Å². The first-order valence-electron chi connectivity index (χ1n) is 6.57. The number of ketones is 1. The van der Waals surface area contributed by atoms with Gasteiger partial charge in [-0.15, -0.1) is 0 Å².